The normalized spacial score (nSPS) is 11.1. The molecule has 1 nitrogen and oxygen atoms in total. The first kappa shape index (κ1) is 17.3. The van der Waals surface area contributed by atoms with Gasteiger partial charge in [-0.1, -0.05) is 68.4 Å². The lowest BCUT2D eigenvalue weighted by Gasteiger charge is -2.16. The van der Waals surface area contributed by atoms with E-state index in [1.54, 1.807) is 0 Å². The van der Waals surface area contributed by atoms with Crippen LogP contribution in [0.3, 0.4) is 0 Å². The molecule has 0 amide bonds. The van der Waals surface area contributed by atoms with Gasteiger partial charge in [-0.15, -0.1) is 0 Å². The summed E-state index contributed by atoms with van der Waals surface area (Å²) >= 11 is 0. The molecule has 0 saturated carbocycles. The van der Waals surface area contributed by atoms with Crippen molar-refractivity contribution in [1.82, 2.24) is 0 Å². The van der Waals surface area contributed by atoms with Crippen LogP contribution in [0.5, 0.6) is 5.75 Å². The van der Waals surface area contributed by atoms with Crippen LogP contribution in [-0.2, 0) is 0 Å². The van der Waals surface area contributed by atoms with Crippen LogP contribution in [0, 0.1) is 0 Å². The molecule has 0 unspecified atom stereocenters. The first-order valence-corrected chi connectivity index (χ1v) is 9.01. The summed E-state index contributed by atoms with van der Waals surface area (Å²) in [7, 11) is 0. The van der Waals surface area contributed by atoms with Crippen molar-refractivity contribution in [2.45, 2.75) is 39.7 Å². The summed E-state index contributed by atoms with van der Waals surface area (Å²) in [5.41, 5.74) is 6.42. The molecule has 128 valence electrons. The van der Waals surface area contributed by atoms with Gasteiger partial charge in [-0.2, -0.15) is 0 Å². The van der Waals surface area contributed by atoms with Gasteiger partial charge >= 0.3 is 0 Å². The van der Waals surface area contributed by atoms with Crippen LogP contribution >= 0.6 is 0 Å². The van der Waals surface area contributed by atoms with Crippen LogP contribution in [0.4, 0.5) is 0 Å². The lowest BCUT2D eigenvalue weighted by atomic mass is 9.89. The molecule has 3 aromatic rings. The average molecular weight is 330 g/mol. The van der Waals surface area contributed by atoms with Gasteiger partial charge in [-0.05, 0) is 65.8 Å². The fourth-order valence-electron chi connectivity index (χ4n) is 3.11. The highest BCUT2D eigenvalue weighted by atomic mass is 16.5. The van der Waals surface area contributed by atoms with Gasteiger partial charge < -0.3 is 4.74 Å². The van der Waals surface area contributed by atoms with Gasteiger partial charge in [0.05, 0.1) is 6.10 Å². The monoisotopic (exact) mass is 330 g/mol. The molecule has 0 bridgehead atoms. The van der Waals surface area contributed by atoms with Gasteiger partial charge in [0.15, 0.2) is 0 Å². The van der Waals surface area contributed by atoms with Crippen molar-refractivity contribution in [2.75, 3.05) is 0 Å². The lowest BCUT2D eigenvalue weighted by Crippen LogP contribution is -2.05. The van der Waals surface area contributed by atoms with Crippen LogP contribution in [0.1, 0.15) is 39.2 Å². The zero-order valence-corrected chi connectivity index (χ0v) is 15.5. The molecular formula is C24H26O. The molecule has 0 N–H and O–H groups in total. The molecule has 25 heavy (non-hydrogen) atoms. The van der Waals surface area contributed by atoms with E-state index >= 15 is 0 Å². The van der Waals surface area contributed by atoms with E-state index in [0.717, 1.165) is 5.75 Å². The third-order valence-corrected chi connectivity index (χ3v) is 4.32. The minimum Gasteiger partial charge on any atom is -0.491 e. The van der Waals surface area contributed by atoms with Crippen LogP contribution in [0.15, 0.2) is 72.8 Å². The van der Waals surface area contributed by atoms with Crippen molar-refractivity contribution in [3.8, 4) is 28.0 Å². The minimum absolute atomic E-state index is 0.195. The summed E-state index contributed by atoms with van der Waals surface area (Å²) < 4.78 is 5.75. The topological polar surface area (TPSA) is 9.23 Å². The van der Waals surface area contributed by atoms with E-state index in [4.69, 9.17) is 4.74 Å². The van der Waals surface area contributed by atoms with Gasteiger partial charge in [-0.3, -0.25) is 0 Å². The van der Waals surface area contributed by atoms with Crippen LogP contribution in [-0.4, -0.2) is 6.10 Å². The Labute approximate surface area is 151 Å². The Kier molecular flexibility index (Phi) is 5.23. The Morgan fingerprint density at radius 2 is 1.28 bits per heavy atom. The predicted octanol–water partition coefficient (Wildman–Crippen LogP) is 6.93. The van der Waals surface area contributed by atoms with Crippen molar-refractivity contribution in [3.63, 3.8) is 0 Å². The molecule has 1 heteroatoms. The number of benzene rings is 3. The Bertz CT molecular complexity index is 814. The van der Waals surface area contributed by atoms with Gasteiger partial charge in [-0.25, -0.2) is 0 Å². The highest BCUT2D eigenvalue weighted by molar-refractivity contribution is 5.76. The van der Waals surface area contributed by atoms with E-state index in [0.29, 0.717) is 5.92 Å². The first-order valence-electron chi connectivity index (χ1n) is 9.01. The minimum atomic E-state index is 0.195. The van der Waals surface area contributed by atoms with Crippen molar-refractivity contribution in [2.24, 2.45) is 0 Å². The second-order valence-electron chi connectivity index (χ2n) is 7.01. The highest BCUT2D eigenvalue weighted by Gasteiger charge is 2.10. The van der Waals surface area contributed by atoms with E-state index in [-0.39, 0.29) is 6.10 Å². The third kappa shape index (κ3) is 4.11. The molecule has 0 aromatic heterocycles. The Morgan fingerprint density at radius 3 is 1.88 bits per heavy atom. The fraction of sp³-hybridized carbons (Fsp3) is 0.250. The molecule has 3 rings (SSSR count). The van der Waals surface area contributed by atoms with Gasteiger partial charge in [0.25, 0.3) is 0 Å². The largest absolute Gasteiger partial charge is 0.491 e. The van der Waals surface area contributed by atoms with Crippen molar-refractivity contribution < 1.29 is 4.74 Å². The summed E-state index contributed by atoms with van der Waals surface area (Å²) in [4.78, 5) is 0. The van der Waals surface area contributed by atoms with Gasteiger partial charge in [0.2, 0.25) is 0 Å². The summed E-state index contributed by atoms with van der Waals surface area (Å²) in [6, 6.07) is 25.8. The molecule has 0 fully saturated rings. The lowest BCUT2D eigenvalue weighted by molar-refractivity contribution is 0.242. The van der Waals surface area contributed by atoms with E-state index in [2.05, 4.69) is 74.5 Å². The second kappa shape index (κ2) is 7.57. The highest BCUT2D eigenvalue weighted by Crippen LogP contribution is 2.33. The van der Waals surface area contributed by atoms with Gasteiger partial charge in [0.1, 0.15) is 5.75 Å². The molecule has 0 aliphatic rings. The van der Waals surface area contributed by atoms with Crippen molar-refractivity contribution in [1.29, 1.82) is 0 Å². The Balaban J connectivity index is 2.00. The quantitative estimate of drug-likeness (QED) is 0.493. The summed E-state index contributed by atoms with van der Waals surface area (Å²) in [6.07, 6.45) is 0.195. The van der Waals surface area contributed by atoms with Crippen molar-refractivity contribution in [3.05, 3.63) is 78.4 Å². The number of ether oxygens (including phenoxy) is 1. The molecular weight excluding hydrogens is 304 g/mol. The third-order valence-electron chi connectivity index (χ3n) is 4.32. The molecule has 0 aliphatic heterocycles. The predicted molar refractivity (Wildman–Crippen MR) is 107 cm³/mol. The molecule has 0 radical (unpaired) electrons. The standard InChI is InChI=1S/C24H26O/c1-17(2)23-15-12-21(16-24(23)20-8-6-5-7-9-20)19-10-13-22(14-11-19)25-18(3)4/h5-18H,1-4H3. The maximum atomic E-state index is 5.75. The van der Waals surface area contributed by atoms with Crippen LogP contribution in [0.25, 0.3) is 22.3 Å². The summed E-state index contributed by atoms with van der Waals surface area (Å²) in [5, 5.41) is 0. The molecule has 0 saturated heterocycles. The average Bonchev–Trinajstić information content (AvgIpc) is 2.62. The molecule has 0 aliphatic carbocycles. The molecule has 3 aromatic carbocycles. The maximum absolute atomic E-state index is 5.75. The SMILES string of the molecule is CC(C)Oc1ccc(-c2ccc(C(C)C)c(-c3ccccc3)c2)cc1. The molecule has 0 spiro atoms. The van der Waals surface area contributed by atoms with Crippen LogP contribution < -0.4 is 4.74 Å². The smallest absolute Gasteiger partial charge is 0.119 e. The van der Waals surface area contributed by atoms with E-state index < -0.39 is 0 Å². The number of rotatable bonds is 5. The zero-order valence-electron chi connectivity index (χ0n) is 15.5. The summed E-state index contributed by atoms with van der Waals surface area (Å²) in [5.74, 6) is 1.41. The van der Waals surface area contributed by atoms with Crippen LogP contribution in [0.2, 0.25) is 0 Å². The Morgan fingerprint density at radius 1 is 0.640 bits per heavy atom. The summed E-state index contributed by atoms with van der Waals surface area (Å²) in [6.45, 7) is 8.59. The number of hydrogen-bond acceptors (Lipinski definition) is 1. The Hall–Kier alpha value is -2.54. The van der Waals surface area contributed by atoms with Crippen molar-refractivity contribution >= 4 is 0 Å². The molecule has 0 atom stereocenters. The van der Waals surface area contributed by atoms with E-state index in [1.165, 1.54) is 27.8 Å². The maximum Gasteiger partial charge on any atom is 0.119 e. The fourth-order valence-corrected chi connectivity index (χ4v) is 3.11. The molecule has 0 heterocycles. The van der Waals surface area contributed by atoms with Gasteiger partial charge in [0, 0.05) is 0 Å². The zero-order chi connectivity index (χ0) is 17.8. The number of hydrogen-bond donors (Lipinski definition) is 0. The van der Waals surface area contributed by atoms with E-state index in [9.17, 15) is 0 Å². The second-order valence-corrected chi connectivity index (χ2v) is 7.01. The van der Waals surface area contributed by atoms with E-state index in [1.807, 2.05) is 26.0 Å². The first-order chi connectivity index (χ1) is 12.0.